The summed E-state index contributed by atoms with van der Waals surface area (Å²) >= 11 is 0. The molecule has 0 heterocycles. The van der Waals surface area contributed by atoms with Gasteiger partial charge in [0.1, 0.15) is 12.6 Å². The first-order chi connectivity index (χ1) is 16.1. The van der Waals surface area contributed by atoms with Gasteiger partial charge in [-0.15, -0.1) is 0 Å². The maximum Gasteiger partial charge on any atom is 0.407 e. The molecule has 0 aliphatic heterocycles. The Morgan fingerprint density at radius 2 is 1.59 bits per heavy atom. The van der Waals surface area contributed by atoms with Crippen LogP contribution in [0.4, 0.5) is 4.79 Å². The Hall–Kier alpha value is -3.39. The van der Waals surface area contributed by atoms with Gasteiger partial charge in [-0.1, -0.05) is 62.4 Å². The fourth-order valence-electron chi connectivity index (χ4n) is 4.27. The van der Waals surface area contributed by atoms with Crippen LogP contribution in [0.5, 0.6) is 0 Å². The number of fused-ring (bicyclic) bond motifs is 3. The van der Waals surface area contributed by atoms with Crippen LogP contribution in [0, 0.1) is 5.92 Å². The highest BCUT2D eigenvalue weighted by Gasteiger charge is 2.31. The van der Waals surface area contributed by atoms with Crippen molar-refractivity contribution < 1.29 is 29.3 Å². The smallest absolute Gasteiger partial charge is 0.407 e. The molecule has 8 nitrogen and oxygen atoms in total. The van der Waals surface area contributed by atoms with Crippen LogP contribution in [-0.2, 0) is 14.3 Å². The first-order valence-corrected chi connectivity index (χ1v) is 11.4. The van der Waals surface area contributed by atoms with Crippen LogP contribution >= 0.6 is 0 Å². The SMILES string of the molecule is CC(C)C[C@H](NC(=O)OCC1c2ccccc2-c2ccccc21)C(=O)NCC(C)(O)CC(=O)O. The van der Waals surface area contributed by atoms with E-state index in [0.29, 0.717) is 6.42 Å². The van der Waals surface area contributed by atoms with Crippen molar-refractivity contribution in [1.82, 2.24) is 10.6 Å². The molecule has 0 radical (unpaired) electrons. The van der Waals surface area contributed by atoms with Crippen molar-refractivity contribution in [1.29, 1.82) is 0 Å². The van der Waals surface area contributed by atoms with Gasteiger partial charge < -0.3 is 25.6 Å². The molecule has 2 aromatic rings. The Kier molecular flexibility index (Phi) is 7.94. The second kappa shape index (κ2) is 10.7. The van der Waals surface area contributed by atoms with Crippen LogP contribution < -0.4 is 10.6 Å². The number of hydrogen-bond donors (Lipinski definition) is 4. The van der Waals surface area contributed by atoms with Gasteiger partial charge >= 0.3 is 12.1 Å². The normalized spacial score (nSPS) is 15.1. The Balaban J connectivity index is 1.62. The molecule has 1 aliphatic carbocycles. The molecule has 0 spiro atoms. The van der Waals surface area contributed by atoms with E-state index in [1.165, 1.54) is 6.92 Å². The minimum atomic E-state index is -1.60. The molecule has 1 unspecified atom stereocenters. The molecular formula is C26H32N2O6. The fourth-order valence-corrected chi connectivity index (χ4v) is 4.27. The molecule has 34 heavy (non-hydrogen) atoms. The number of nitrogens with one attached hydrogen (secondary N) is 2. The van der Waals surface area contributed by atoms with Crippen molar-refractivity contribution in [2.24, 2.45) is 5.92 Å². The predicted molar refractivity (Wildman–Crippen MR) is 127 cm³/mol. The molecule has 3 rings (SSSR count). The van der Waals surface area contributed by atoms with E-state index in [1.54, 1.807) is 0 Å². The predicted octanol–water partition coefficient (Wildman–Crippen LogP) is 3.28. The van der Waals surface area contributed by atoms with Crippen LogP contribution in [-0.4, -0.2) is 53.0 Å². The van der Waals surface area contributed by atoms with Gasteiger partial charge in [0.25, 0.3) is 0 Å². The van der Waals surface area contributed by atoms with Crippen molar-refractivity contribution in [3.05, 3.63) is 59.7 Å². The van der Waals surface area contributed by atoms with Gasteiger partial charge in [0.05, 0.1) is 12.0 Å². The molecule has 2 aromatic carbocycles. The summed E-state index contributed by atoms with van der Waals surface area (Å²) in [6.07, 6.45) is -0.862. The Morgan fingerprint density at radius 1 is 1.03 bits per heavy atom. The lowest BCUT2D eigenvalue weighted by Gasteiger charge is -2.25. The average molecular weight is 469 g/mol. The lowest BCUT2D eigenvalue weighted by Crippen LogP contribution is -2.51. The summed E-state index contributed by atoms with van der Waals surface area (Å²) in [7, 11) is 0. The molecule has 0 saturated heterocycles. The highest BCUT2D eigenvalue weighted by molar-refractivity contribution is 5.86. The number of carbonyl (C=O) groups is 3. The van der Waals surface area contributed by atoms with E-state index in [9.17, 15) is 19.5 Å². The first-order valence-electron chi connectivity index (χ1n) is 11.4. The summed E-state index contributed by atoms with van der Waals surface area (Å²) in [4.78, 5) is 36.2. The van der Waals surface area contributed by atoms with Gasteiger partial charge in [0.2, 0.25) is 5.91 Å². The third-order valence-corrected chi connectivity index (χ3v) is 5.83. The number of carboxylic acids is 1. The molecule has 8 heteroatoms. The van der Waals surface area contributed by atoms with Crippen molar-refractivity contribution in [2.45, 2.75) is 51.2 Å². The minimum Gasteiger partial charge on any atom is -0.481 e. The quantitative estimate of drug-likeness (QED) is 0.424. The summed E-state index contributed by atoms with van der Waals surface area (Å²) in [6.45, 7) is 5.04. The molecule has 1 aliphatic rings. The highest BCUT2D eigenvalue weighted by Crippen LogP contribution is 2.44. The van der Waals surface area contributed by atoms with Gasteiger partial charge in [0.15, 0.2) is 0 Å². The number of benzene rings is 2. The van der Waals surface area contributed by atoms with E-state index in [2.05, 4.69) is 22.8 Å². The van der Waals surface area contributed by atoms with Crippen LogP contribution in [0.25, 0.3) is 11.1 Å². The van der Waals surface area contributed by atoms with Gasteiger partial charge in [-0.3, -0.25) is 9.59 Å². The van der Waals surface area contributed by atoms with Gasteiger partial charge in [-0.2, -0.15) is 0 Å². The number of amides is 2. The maximum atomic E-state index is 12.7. The van der Waals surface area contributed by atoms with E-state index in [4.69, 9.17) is 9.84 Å². The number of ether oxygens (including phenoxy) is 1. The standard InChI is InChI=1S/C26H32N2O6/c1-16(2)12-22(24(31)27-15-26(3,33)13-23(29)30)28-25(32)34-14-21-19-10-6-4-8-17(19)18-9-5-7-11-20(18)21/h4-11,16,21-22,33H,12-15H2,1-3H3,(H,27,31)(H,28,32)(H,29,30)/t22-,26?/m0/s1. The molecule has 0 fully saturated rings. The van der Waals surface area contributed by atoms with Crippen LogP contribution in [0.15, 0.2) is 48.5 Å². The van der Waals surface area contributed by atoms with E-state index in [-0.39, 0.29) is 25.0 Å². The summed E-state index contributed by atoms with van der Waals surface area (Å²) in [5.74, 6) is -1.67. The number of aliphatic hydroxyl groups is 1. The monoisotopic (exact) mass is 468 g/mol. The van der Waals surface area contributed by atoms with Crippen molar-refractivity contribution >= 4 is 18.0 Å². The zero-order valence-electron chi connectivity index (χ0n) is 19.7. The minimum absolute atomic E-state index is 0.0957. The molecule has 182 valence electrons. The van der Waals surface area contributed by atoms with Crippen molar-refractivity contribution in [3.8, 4) is 11.1 Å². The van der Waals surface area contributed by atoms with E-state index >= 15 is 0 Å². The first kappa shape index (κ1) is 25.2. The van der Waals surface area contributed by atoms with Gasteiger partial charge in [-0.25, -0.2) is 4.79 Å². The topological polar surface area (TPSA) is 125 Å². The molecule has 0 aromatic heterocycles. The largest absolute Gasteiger partial charge is 0.481 e. The van der Waals surface area contributed by atoms with Gasteiger partial charge in [0, 0.05) is 12.5 Å². The maximum absolute atomic E-state index is 12.7. The summed E-state index contributed by atoms with van der Waals surface area (Å²) < 4.78 is 5.54. The zero-order valence-corrected chi connectivity index (χ0v) is 19.7. The number of aliphatic carboxylic acids is 1. The number of carboxylic acid groups (broad SMARTS) is 1. The third-order valence-electron chi connectivity index (χ3n) is 5.83. The number of rotatable bonds is 10. The van der Waals surface area contributed by atoms with Crippen LogP contribution in [0.1, 0.15) is 50.7 Å². The lowest BCUT2D eigenvalue weighted by atomic mass is 9.98. The average Bonchev–Trinajstić information content (AvgIpc) is 3.08. The Bertz CT molecular complexity index is 1000. The number of carbonyl (C=O) groups excluding carboxylic acids is 2. The van der Waals surface area contributed by atoms with E-state index in [1.807, 2.05) is 50.2 Å². The molecular weight excluding hydrogens is 436 g/mol. The molecule has 2 amide bonds. The van der Waals surface area contributed by atoms with Crippen molar-refractivity contribution in [3.63, 3.8) is 0 Å². The Labute approximate surface area is 199 Å². The third kappa shape index (κ3) is 6.35. The number of hydrogen-bond acceptors (Lipinski definition) is 5. The molecule has 0 saturated carbocycles. The van der Waals surface area contributed by atoms with Crippen LogP contribution in [0.2, 0.25) is 0 Å². The molecule has 0 bridgehead atoms. The second-order valence-corrected chi connectivity index (χ2v) is 9.44. The van der Waals surface area contributed by atoms with E-state index < -0.39 is 36.0 Å². The second-order valence-electron chi connectivity index (χ2n) is 9.44. The Morgan fingerprint density at radius 3 is 2.12 bits per heavy atom. The summed E-state index contributed by atoms with van der Waals surface area (Å²) in [5.41, 5.74) is 2.82. The highest BCUT2D eigenvalue weighted by atomic mass is 16.5. The summed E-state index contributed by atoms with van der Waals surface area (Å²) in [5, 5.41) is 24.2. The lowest BCUT2D eigenvalue weighted by molar-refractivity contribution is -0.142. The van der Waals surface area contributed by atoms with Gasteiger partial charge in [-0.05, 0) is 41.5 Å². The summed E-state index contributed by atoms with van der Waals surface area (Å²) in [6, 6.07) is 15.2. The number of alkyl carbamates (subject to hydrolysis) is 1. The molecule has 2 atom stereocenters. The zero-order chi connectivity index (χ0) is 24.9. The van der Waals surface area contributed by atoms with Crippen LogP contribution in [0.3, 0.4) is 0 Å². The molecule has 4 N–H and O–H groups in total. The fraction of sp³-hybridized carbons (Fsp3) is 0.423. The van der Waals surface area contributed by atoms with E-state index in [0.717, 1.165) is 22.3 Å². The van der Waals surface area contributed by atoms with Crippen molar-refractivity contribution in [2.75, 3.05) is 13.2 Å².